The number of benzene rings is 1. The molecule has 0 fully saturated rings. The van der Waals surface area contributed by atoms with E-state index in [1.807, 2.05) is 19.9 Å². The molecule has 94 valence electrons. The number of hydrogen-bond acceptors (Lipinski definition) is 4. The molecule has 0 amide bonds. The van der Waals surface area contributed by atoms with E-state index in [0.717, 1.165) is 15.3 Å². The Balaban J connectivity index is 2.40. The summed E-state index contributed by atoms with van der Waals surface area (Å²) in [5, 5.41) is 0. The molecule has 0 aliphatic heterocycles. The lowest BCUT2D eigenvalue weighted by atomic mass is 10.0. The van der Waals surface area contributed by atoms with Gasteiger partial charge in [0.1, 0.15) is 5.75 Å². The minimum atomic E-state index is 0.00574. The molecule has 0 aliphatic rings. The molecule has 4 heteroatoms. The van der Waals surface area contributed by atoms with E-state index in [1.54, 1.807) is 36.6 Å². The Morgan fingerprint density at radius 1 is 1.28 bits per heavy atom. The summed E-state index contributed by atoms with van der Waals surface area (Å²) in [6.45, 7) is 3.95. The number of carbonyl (C=O) groups excluding carboxylic acids is 1. The second-order valence-corrected chi connectivity index (χ2v) is 5.57. The summed E-state index contributed by atoms with van der Waals surface area (Å²) in [4.78, 5) is 14.5. The van der Waals surface area contributed by atoms with Crippen LogP contribution in [0.15, 0.2) is 24.3 Å². The summed E-state index contributed by atoms with van der Waals surface area (Å²) in [5.41, 5.74) is 7.64. The first-order chi connectivity index (χ1) is 8.52. The summed E-state index contributed by atoms with van der Waals surface area (Å²) in [6.07, 6.45) is 0. The Hall–Kier alpha value is -1.81. The van der Waals surface area contributed by atoms with Crippen LogP contribution in [0.1, 0.15) is 25.7 Å². The lowest BCUT2D eigenvalue weighted by Gasteiger charge is -2.06. The number of ether oxygens (including phenoxy) is 1. The molecular formula is C14H15NO2S. The molecule has 0 saturated carbocycles. The first kappa shape index (κ1) is 12.6. The number of carbonyl (C=O) groups is 1. The average Bonchev–Trinajstić information content (AvgIpc) is 2.67. The number of ketones is 1. The molecule has 0 atom stereocenters. The van der Waals surface area contributed by atoms with Gasteiger partial charge in [-0.15, -0.1) is 11.3 Å². The molecule has 3 nitrogen and oxygen atoms in total. The third-order valence-electron chi connectivity index (χ3n) is 2.78. The molecule has 1 aromatic heterocycles. The maximum absolute atomic E-state index is 12.3. The van der Waals surface area contributed by atoms with Crippen molar-refractivity contribution in [2.75, 3.05) is 12.8 Å². The van der Waals surface area contributed by atoms with Gasteiger partial charge in [-0.3, -0.25) is 4.79 Å². The van der Waals surface area contributed by atoms with E-state index in [-0.39, 0.29) is 5.78 Å². The maximum atomic E-state index is 12.3. The number of hydrogen-bond donors (Lipinski definition) is 1. The van der Waals surface area contributed by atoms with Gasteiger partial charge in [-0.25, -0.2) is 0 Å². The fraction of sp³-hybridized carbons (Fsp3) is 0.214. The van der Waals surface area contributed by atoms with Crippen LogP contribution in [-0.4, -0.2) is 12.9 Å². The van der Waals surface area contributed by atoms with Crippen molar-refractivity contribution < 1.29 is 9.53 Å². The zero-order valence-corrected chi connectivity index (χ0v) is 11.4. The highest BCUT2D eigenvalue weighted by atomic mass is 32.1. The third-order valence-corrected chi connectivity index (χ3v) is 3.74. The monoisotopic (exact) mass is 261 g/mol. The molecular weight excluding hydrogens is 246 g/mol. The summed E-state index contributed by atoms with van der Waals surface area (Å²) in [6, 6.07) is 7.04. The Labute approximate surface area is 110 Å². The SMILES string of the molecule is COc1ccc(C(=O)c2cc(C)sc2C)cc1N. The predicted molar refractivity (Wildman–Crippen MR) is 74.6 cm³/mol. The average molecular weight is 261 g/mol. The van der Waals surface area contributed by atoms with Crippen molar-refractivity contribution in [3.8, 4) is 5.75 Å². The van der Waals surface area contributed by atoms with E-state index in [4.69, 9.17) is 10.5 Å². The quantitative estimate of drug-likeness (QED) is 0.682. The molecule has 1 aromatic carbocycles. The Morgan fingerprint density at radius 3 is 2.50 bits per heavy atom. The van der Waals surface area contributed by atoms with E-state index in [2.05, 4.69) is 0 Å². The molecule has 2 rings (SSSR count). The first-order valence-electron chi connectivity index (χ1n) is 5.58. The van der Waals surface area contributed by atoms with Crippen LogP contribution in [0.2, 0.25) is 0 Å². The van der Waals surface area contributed by atoms with Gasteiger partial charge in [-0.2, -0.15) is 0 Å². The molecule has 1 heterocycles. The number of nitrogens with two attached hydrogens (primary N) is 1. The van der Waals surface area contributed by atoms with Gasteiger partial charge in [0.25, 0.3) is 0 Å². The molecule has 2 aromatic rings. The van der Waals surface area contributed by atoms with Crippen LogP contribution in [0.4, 0.5) is 5.69 Å². The number of thiophene rings is 1. The fourth-order valence-electron chi connectivity index (χ4n) is 1.89. The number of aryl methyl sites for hydroxylation is 2. The van der Waals surface area contributed by atoms with Crippen molar-refractivity contribution in [1.82, 2.24) is 0 Å². The molecule has 0 radical (unpaired) electrons. The second kappa shape index (κ2) is 4.82. The van der Waals surface area contributed by atoms with E-state index in [0.29, 0.717) is 17.0 Å². The summed E-state index contributed by atoms with van der Waals surface area (Å²) in [7, 11) is 1.56. The molecule has 2 N–H and O–H groups in total. The Kier molecular flexibility index (Phi) is 3.39. The topological polar surface area (TPSA) is 52.3 Å². The van der Waals surface area contributed by atoms with E-state index in [1.165, 1.54) is 0 Å². The highest BCUT2D eigenvalue weighted by molar-refractivity contribution is 7.12. The van der Waals surface area contributed by atoms with Crippen molar-refractivity contribution in [2.24, 2.45) is 0 Å². The van der Waals surface area contributed by atoms with Crippen LogP contribution >= 0.6 is 11.3 Å². The van der Waals surface area contributed by atoms with E-state index >= 15 is 0 Å². The van der Waals surface area contributed by atoms with Crippen LogP contribution in [0.25, 0.3) is 0 Å². The van der Waals surface area contributed by atoms with Gasteiger partial charge in [-0.1, -0.05) is 0 Å². The van der Waals surface area contributed by atoms with Gasteiger partial charge in [0.05, 0.1) is 12.8 Å². The zero-order chi connectivity index (χ0) is 13.3. The van der Waals surface area contributed by atoms with Crippen LogP contribution in [-0.2, 0) is 0 Å². The molecule has 0 aliphatic carbocycles. The smallest absolute Gasteiger partial charge is 0.194 e. The number of rotatable bonds is 3. The van der Waals surface area contributed by atoms with Gasteiger partial charge in [0.2, 0.25) is 0 Å². The fourth-order valence-corrected chi connectivity index (χ4v) is 2.81. The summed E-state index contributed by atoms with van der Waals surface area (Å²) < 4.78 is 5.08. The highest BCUT2D eigenvalue weighted by Gasteiger charge is 2.15. The van der Waals surface area contributed by atoms with Gasteiger partial charge >= 0.3 is 0 Å². The lowest BCUT2D eigenvalue weighted by Crippen LogP contribution is -2.03. The Morgan fingerprint density at radius 2 is 2.00 bits per heavy atom. The van der Waals surface area contributed by atoms with Crippen LogP contribution in [0.3, 0.4) is 0 Å². The van der Waals surface area contributed by atoms with E-state index in [9.17, 15) is 4.79 Å². The number of anilines is 1. The van der Waals surface area contributed by atoms with Gasteiger partial charge in [-0.05, 0) is 38.1 Å². The van der Waals surface area contributed by atoms with Crippen LogP contribution in [0, 0.1) is 13.8 Å². The lowest BCUT2D eigenvalue weighted by molar-refractivity contribution is 0.103. The van der Waals surface area contributed by atoms with E-state index < -0.39 is 0 Å². The minimum Gasteiger partial charge on any atom is -0.495 e. The largest absolute Gasteiger partial charge is 0.495 e. The van der Waals surface area contributed by atoms with Gasteiger partial charge < -0.3 is 10.5 Å². The maximum Gasteiger partial charge on any atom is 0.194 e. The van der Waals surface area contributed by atoms with Crippen LogP contribution < -0.4 is 10.5 Å². The van der Waals surface area contributed by atoms with Gasteiger partial charge in [0, 0.05) is 20.9 Å². The first-order valence-corrected chi connectivity index (χ1v) is 6.40. The van der Waals surface area contributed by atoms with Gasteiger partial charge in [0.15, 0.2) is 5.78 Å². The van der Waals surface area contributed by atoms with Crippen LogP contribution in [0.5, 0.6) is 5.75 Å². The second-order valence-electron chi connectivity index (χ2n) is 4.11. The minimum absolute atomic E-state index is 0.00574. The standard InChI is InChI=1S/C14H15NO2S/c1-8-6-11(9(2)18-8)14(16)10-4-5-13(17-3)12(15)7-10/h4-7H,15H2,1-3H3. The predicted octanol–water partition coefficient (Wildman–Crippen LogP) is 3.19. The Bertz CT molecular complexity index is 602. The van der Waals surface area contributed by atoms with Crippen molar-refractivity contribution in [1.29, 1.82) is 0 Å². The number of methoxy groups -OCH3 is 1. The number of nitrogen functional groups attached to an aromatic ring is 1. The van der Waals surface area contributed by atoms with Crippen molar-refractivity contribution in [3.63, 3.8) is 0 Å². The molecule has 18 heavy (non-hydrogen) atoms. The van der Waals surface area contributed by atoms with Crippen molar-refractivity contribution in [3.05, 3.63) is 45.1 Å². The summed E-state index contributed by atoms with van der Waals surface area (Å²) in [5.74, 6) is 0.593. The van der Waals surface area contributed by atoms with Crippen molar-refractivity contribution in [2.45, 2.75) is 13.8 Å². The summed E-state index contributed by atoms with van der Waals surface area (Å²) >= 11 is 1.63. The molecule has 0 bridgehead atoms. The normalized spacial score (nSPS) is 10.4. The highest BCUT2D eigenvalue weighted by Crippen LogP contribution is 2.27. The zero-order valence-electron chi connectivity index (χ0n) is 10.6. The molecule has 0 spiro atoms. The van der Waals surface area contributed by atoms with Crippen molar-refractivity contribution >= 4 is 22.8 Å². The third kappa shape index (κ3) is 2.24. The molecule has 0 saturated heterocycles. The molecule has 0 unspecified atom stereocenters.